The van der Waals surface area contributed by atoms with E-state index in [9.17, 15) is 4.79 Å². The first-order chi connectivity index (χ1) is 9.70. The van der Waals surface area contributed by atoms with Gasteiger partial charge >= 0.3 is 0 Å². The molecule has 0 bridgehead atoms. The lowest BCUT2D eigenvalue weighted by atomic mass is 10.3. The molecule has 0 aliphatic heterocycles. The molecule has 0 saturated heterocycles. The largest absolute Gasteiger partial charge is 0.472 e. The second kappa shape index (κ2) is 6.60. The van der Waals surface area contributed by atoms with Crippen molar-refractivity contribution in [3.05, 3.63) is 29.5 Å². The van der Waals surface area contributed by atoms with Crippen molar-refractivity contribution < 1.29 is 14.2 Å². The van der Waals surface area contributed by atoms with Crippen molar-refractivity contribution in [2.45, 2.75) is 20.3 Å². The third kappa shape index (κ3) is 3.50. The summed E-state index contributed by atoms with van der Waals surface area (Å²) in [5.41, 5.74) is 0.987. The van der Waals surface area contributed by atoms with Crippen LogP contribution < -0.4 is 10.1 Å². The molecule has 8 heteroatoms. The predicted molar refractivity (Wildman–Crippen MR) is 68.3 cm³/mol. The molecule has 1 amide bonds. The fourth-order valence-corrected chi connectivity index (χ4v) is 1.42. The highest BCUT2D eigenvalue weighted by Gasteiger charge is 2.08. The van der Waals surface area contributed by atoms with E-state index in [0.29, 0.717) is 29.5 Å². The highest BCUT2D eigenvalue weighted by molar-refractivity contribution is 5.93. The Bertz CT molecular complexity index is 567. The Balaban J connectivity index is 1.76. The lowest BCUT2D eigenvalue weighted by molar-refractivity contribution is 0.0945. The van der Waals surface area contributed by atoms with Crippen LogP contribution in [0.2, 0.25) is 0 Å². The molecule has 0 radical (unpaired) electrons. The summed E-state index contributed by atoms with van der Waals surface area (Å²) < 4.78 is 9.77. The van der Waals surface area contributed by atoms with Crippen LogP contribution in [0.15, 0.2) is 17.0 Å². The van der Waals surface area contributed by atoms with Crippen molar-refractivity contribution in [3.63, 3.8) is 0 Å². The van der Waals surface area contributed by atoms with Crippen LogP contribution >= 0.6 is 0 Å². The minimum absolute atomic E-state index is 0.244. The second-order valence-corrected chi connectivity index (χ2v) is 4.00. The van der Waals surface area contributed by atoms with Crippen LogP contribution in [0.25, 0.3) is 0 Å². The molecule has 0 atom stereocenters. The van der Waals surface area contributed by atoms with Crippen molar-refractivity contribution in [1.29, 1.82) is 0 Å². The number of nitrogens with one attached hydrogen (secondary N) is 1. The van der Waals surface area contributed by atoms with Gasteiger partial charge in [-0.3, -0.25) is 4.79 Å². The molecule has 2 aromatic heterocycles. The number of hydrogen-bond donors (Lipinski definition) is 1. The minimum atomic E-state index is -0.244. The monoisotopic (exact) mass is 277 g/mol. The Labute approximate surface area is 115 Å². The van der Waals surface area contributed by atoms with Gasteiger partial charge in [0.05, 0.1) is 12.1 Å². The summed E-state index contributed by atoms with van der Waals surface area (Å²) in [6.45, 7) is 4.28. The summed E-state index contributed by atoms with van der Waals surface area (Å²) >= 11 is 0. The number of hydrogen-bond acceptors (Lipinski definition) is 7. The van der Waals surface area contributed by atoms with Gasteiger partial charge in [-0.2, -0.15) is 0 Å². The molecular formula is C12H15N5O3. The SMILES string of the molecule is CCc1ncc(C(=O)NCCOc2nonc2C)cn1. The summed E-state index contributed by atoms with van der Waals surface area (Å²) in [5, 5.41) is 9.84. The maximum Gasteiger partial charge on any atom is 0.278 e. The Kier molecular flexibility index (Phi) is 4.59. The molecule has 2 heterocycles. The number of nitrogens with zero attached hydrogens (tertiary/aromatic N) is 4. The lowest BCUT2D eigenvalue weighted by Crippen LogP contribution is -2.28. The average Bonchev–Trinajstić information content (AvgIpc) is 2.89. The Morgan fingerprint density at radius 3 is 2.70 bits per heavy atom. The smallest absolute Gasteiger partial charge is 0.278 e. The molecule has 1 N–H and O–H groups in total. The van der Waals surface area contributed by atoms with Gasteiger partial charge < -0.3 is 10.1 Å². The van der Waals surface area contributed by atoms with E-state index in [1.54, 1.807) is 6.92 Å². The molecule has 0 unspecified atom stereocenters. The van der Waals surface area contributed by atoms with Gasteiger partial charge in [-0.25, -0.2) is 14.6 Å². The van der Waals surface area contributed by atoms with E-state index >= 15 is 0 Å². The molecular weight excluding hydrogens is 262 g/mol. The maximum atomic E-state index is 11.8. The van der Waals surface area contributed by atoms with Crippen molar-refractivity contribution in [3.8, 4) is 5.88 Å². The van der Waals surface area contributed by atoms with Crippen LogP contribution in [0.1, 0.15) is 28.8 Å². The first kappa shape index (κ1) is 13.9. The average molecular weight is 277 g/mol. The summed E-state index contributed by atoms with van der Waals surface area (Å²) in [6, 6.07) is 0. The van der Waals surface area contributed by atoms with Crippen molar-refractivity contribution in [2.24, 2.45) is 0 Å². The van der Waals surface area contributed by atoms with Gasteiger partial charge in [0, 0.05) is 18.8 Å². The zero-order valence-electron chi connectivity index (χ0n) is 11.3. The standard InChI is InChI=1S/C12H15N5O3/c1-3-10-14-6-9(7-15-10)11(18)13-4-5-19-12-8(2)16-20-17-12/h6-7H,3-5H2,1-2H3,(H,13,18). The molecule has 2 rings (SSSR count). The molecule has 0 spiro atoms. The van der Waals surface area contributed by atoms with Gasteiger partial charge in [-0.05, 0) is 12.1 Å². The van der Waals surface area contributed by atoms with Gasteiger partial charge in [0.1, 0.15) is 18.1 Å². The van der Waals surface area contributed by atoms with Crippen LogP contribution in [0, 0.1) is 6.92 Å². The molecule has 0 aliphatic rings. The molecule has 20 heavy (non-hydrogen) atoms. The fourth-order valence-electron chi connectivity index (χ4n) is 1.42. The number of aryl methyl sites for hydroxylation is 2. The topological polar surface area (TPSA) is 103 Å². The van der Waals surface area contributed by atoms with E-state index in [4.69, 9.17) is 4.74 Å². The molecule has 0 fully saturated rings. The van der Waals surface area contributed by atoms with Crippen LogP contribution in [0.5, 0.6) is 5.88 Å². The molecule has 2 aromatic rings. The van der Waals surface area contributed by atoms with E-state index in [1.807, 2.05) is 6.92 Å². The molecule has 8 nitrogen and oxygen atoms in total. The third-order valence-electron chi connectivity index (χ3n) is 2.52. The molecule has 0 aromatic carbocycles. The van der Waals surface area contributed by atoms with Gasteiger partial charge in [0.25, 0.3) is 11.8 Å². The summed E-state index contributed by atoms with van der Waals surface area (Å²) in [5.74, 6) is 0.792. The number of carbonyl (C=O) groups is 1. The maximum absolute atomic E-state index is 11.8. The molecule has 0 aliphatic carbocycles. The van der Waals surface area contributed by atoms with E-state index in [2.05, 4.69) is 30.2 Å². The van der Waals surface area contributed by atoms with Crippen molar-refractivity contribution >= 4 is 5.91 Å². The normalized spacial score (nSPS) is 10.3. The van der Waals surface area contributed by atoms with Gasteiger partial charge in [-0.1, -0.05) is 12.1 Å². The zero-order chi connectivity index (χ0) is 14.4. The highest BCUT2D eigenvalue weighted by Crippen LogP contribution is 2.09. The Morgan fingerprint density at radius 2 is 2.10 bits per heavy atom. The van der Waals surface area contributed by atoms with E-state index in [0.717, 1.165) is 6.42 Å². The van der Waals surface area contributed by atoms with E-state index < -0.39 is 0 Å². The number of ether oxygens (including phenoxy) is 1. The van der Waals surface area contributed by atoms with Crippen molar-refractivity contribution in [1.82, 2.24) is 25.6 Å². The van der Waals surface area contributed by atoms with Crippen LogP contribution in [-0.2, 0) is 6.42 Å². The second-order valence-electron chi connectivity index (χ2n) is 4.00. The molecule has 0 saturated carbocycles. The minimum Gasteiger partial charge on any atom is -0.472 e. The van der Waals surface area contributed by atoms with Crippen LogP contribution in [0.3, 0.4) is 0 Å². The Morgan fingerprint density at radius 1 is 1.35 bits per heavy atom. The van der Waals surface area contributed by atoms with Gasteiger partial charge in [-0.15, -0.1) is 0 Å². The highest BCUT2D eigenvalue weighted by atomic mass is 16.6. The third-order valence-corrected chi connectivity index (χ3v) is 2.52. The zero-order valence-corrected chi connectivity index (χ0v) is 11.3. The Hall–Kier alpha value is -2.51. The number of amides is 1. The fraction of sp³-hybridized carbons (Fsp3) is 0.417. The van der Waals surface area contributed by atoms with Gasteiger partial charge in [0.2, 0.25) is 0 Å². The lowest BCUT2D eigenvalue weighted by Gasteiger charge is -2.05. The quantitative estimate of drug-likeness (QED) is 0.768. The van der Waals surface area contributed by atoms with Crippen LogP contribution in [0.4, 0.5) is 0 Å². The summed E-state index contributed by atoms with van der Waals surface area (Å²) in [7, 11) is 0. The number of rotatable bonds is 6. The van der Waals surface area contributed by atoms with Crippen LogP contribution in [-0.4, -0.2) is 39.3 Å². The van der Waals surface area contributed by atoms with Gasteiger partial charge in [0.15, 0.2) is 0 Å². The summed E-state index contributed by atoms with van der Waals surface area (Å²) in [6.07, 6.45) is 3.75. The predicted octanol–water partition coefficient (Wildman–Crippen LogP) is 0.539. The number of aromatic nitrogens is 4. The first-order valence-corrected chi connectivity index (χ1v) is 6.21. The van der Waals surface area contributed by atoms with E-state index in [1.165, 1.54) is 12.4 Å². The summed E-state index contributed by atoms with van der Waals surface area (Å²) in [4.78, 5) is 19.9. The van der Waals surface area contributed by atoms with E-state index in [-0.39, 0.29) is 12.5 Å². The first-order valence-electron chi connectivity index (χ1n) is 6.21. The van der Waals surface area contributed by atoms with Crippen molar-refractivity contribution in [2.75, 3.05) is 13.2 Å². The molecule has 106 valence electrons. The number of carbonyl (C=O) groups excluding carboxylic acids is 1.